The lowest BCUT2D eigenvalue weighted by atomic mass is 9.84. The van der Waals surface area contributed by atoms with Crippen LogP contribution in [0.3, 0.4) is 0 Å². The predicted molar refractivity (Wildman–Crippen MR) is 134 cm³/mol. The van der Waals surface area contributed by atoms with Gasteiger partial charge in [-0.1, -0.05) is 0 Å². The molecule has 0 saturated carbocycles. The number of alkyl halides is 4. The van der Waals surface area contributed by atoms with Gasteiger partial charge in [-0.15, -0.1) is 0 Å². The van der Waals surface area contributed by atoms with E-state index in [0.29, 0.717) is 47.5 Å². The maximum absolute atomic E-state index is 14.1. The van der Waals surface area contributed by atoms with Crippen molar-refractivity contribution in [2.24, 2.45) is 5.73 Å². The molecular formula is C25H24F6N8O. The maximum atomic E-state index is 14.1. The number of rotatable bonds is 7. The third-order valence-electron chi connectivity index (χ3n) is 7.06. The number of piperidine rings is 1. The molecule has 0 bridgehead atoms. The Hall–Kier alpha value is -3.98. The van der Waals surface area contributed by atoms with Gasteiger partial charge in [-0.3, -0.25) is 4.98 Å². The molecule has 1 saturated heterocycles. The van der Waals surface area contributed by atoms with Crippen molar-refractivity contribution in [3.05, 3.63) is 59.8 Å². The molecule has 15 heteroatoms. The molecule has 1 fully saturated rings. The van der Waals surface area contributed by atoms with Gasteiger partial charge < -0.3 is 26.0 Å². The summed E-state index contributed by atoms with van der Waals surface area (Å²) in [4.78, 5) is 18.2. The third kappa shape index (κ3) is 5.01. The second-order valence-corrected chi connectivity index (χ2v) is 9.69. The van der Waals surface area contributed by atoms with Crippen LogP contribution in [0.2, 0.25) is 0 Å². The van der Waals surface area contributed by atoms with E-state index in [1.165, 1.54) is 24.9 Å². The van der Waals surface area contributed by atoms with Gasteiger partial charge in [0.1, 0.15) is 17.9 Å². The molecule has 2 atom stereocenters. The van der Waals surface area contributed by atoms with Crippen molar-refractivity contribution in [1.82, 2.24) is 24.5 Å². The van der Waals surface area contributed by atoms with Crippen LogP contribution in [-0.2, 0) is 6.54 Å². The van der Waals surface area contributed by atoms with Gasteiger partial charge in [0, 0.05) is 24.2 Å². The Morgan fingerprint density at radius 2 is 1.77 bits per heavy atom. The molecule has 1 aliphatic rings. The van der Waals surface area contributed by atoms with Crippen molar-refractivity contribution in [2.45, 2.75) is 43.9 Å². The first-order valence-corrected chi connectivity index (χ1v) is 12.2. The summed E-state index contributed by atoms with van der Waals surface area (Å²) in [5.41, 5.74) is 10.8. The Balaban J connectivity index is 1.63. The number of nitrogens with two attached hydrogens (primary N) is 2. The zero-order valence-electron chi connectivity index (χ0n) is 20.8. The summed E-state index contributed by atoms with van der Waals surface area (Å²) in [6.45, 7) is 0.243. The highest BCUT2D eigenvalue weighted by Crippen LogP contribution is 2.36. The van der Waals surface area contributed by atoms with Crippen molar-refractivity contribution in [1.29, 1.82) is 0 Å². The smallest absolute Gasteiger partial charge is 0.265 e. The summed E-state index contributed by atoms with van der Waals surface area (Å²) in [6, 6.07) is 2.49. The molecule has 4 heterocycles. The second-order valence-electron chi connectivity index (χ2n) is 9.69. The molecule has 0 unspecified atom stereocenters. The number of benzene rings is 1. The molecular weight excluding hydrogens is 542 g/mol. The van der Waals surface area contributed by atoms with E-state index in [2.05, 4.69) is 19.9 Å². The van der Waals surface area contributed by atoms with Crippen molar-refractivity contribution in [3.63, 3.8) is 0 Å². The lowest BCUT2D eigenvalue weighted by Crippen LogP contribution is -2.63. The molecule has 1 aromatic carbocycles. The van der Waals surface area contributed by atoms with Crippen LogP contribution in [0.15, 0.2) is 37.1 Å². The molecule has 1 aliphatic heterocycles. The fourth-order valence-corrected chi connectivity index (χ4v) is 5.02. The standard InChI is InChI=1S/C25H24F6N8O/c26-15-5-13(14(21(28)29)6-16(15)27)17-4-12(8-39-11-37-19-23(32)35-10-36-24(19)39)18(7-34-17)38-3-1-2-25(33,9-38)20(40)22(30)31/h4-7,10-11,20-22,40H,1-3,8-9,33H2,(H2,32,35,36)/t20-,25+/m0/s1. The average Bonchev–Trinajstić information content (AvgIpc) is 3.33. The number of anilines is 2. The van der Waals surface area contributed by atoms with Crippen LogP contribution in [0.4, 0.5) is 37.8 Å². The van der Waals surface area contributed by atoms with E-state index in [1.54, 1.807) is 9.47 Å². The first-order valence-electron chi connectivity index (χ1n) is 12.2. The number of nitrogens with zero attached hydrogens (tertiary/aromatic N) is 6. The SMILES string of the molecule is Nc1ncnc2c1ncn2Cc1cc(-c2cc(F)c(F)cc2C(F)F)ncc1N1CCC[C@](N)([C@@H](O)C(F)F)C1. The van der Waals surface area contributed by atoms with Crippen LogP contribution in [0.25, 0.3) is 22.4 Å². The van der Waals surface area contributed by atoms with Gasteiger partial charge in [-0.05, 0) is 36.6 Å². The summed E-state index contributed by atoms with van der Waals surface area (Å²) < 4.78 is 83.9. The first-order chi connectivity index (χ1) is 19.0. The number of hydrogen-bond donors (Lipinski definition) is 3. The van der Waals surface area contributed by atoms with E-state index < -0.39 is 41.7 Å². The number of pyridine rings is 1. The minimum Gasteiger partial charge on any atom is -0.385 e. The quantitative estimate of drug-likeness (QED) is 0.289. The Bertz CT molecular complexity index is 1550. The number of halogens is 6. The highest BCUT2D eigenvalue weighted by atomic mass is 19.3. The zero-order chi connectivity index (χ0) is 28.8. The van der Waals surface area contributed by atoms with Crippen LogP contribution >= 0.6 is 0 Å². The summed E-state index contributed by atoms with van der Waals surface area (Å²) in [5.74, 6) is -2.62. The minimum absolute atomic E-state index is 0.0248. The van der Waals surface area contributed by atoms with E-state index in [1.807, 2.05) is 0 Å². The number of imidazole rings is 1. The van der Waals surface area contributed by atoms with Crippen LogP contribution in [0.5, 0.6) is 0 Å². The molecule has 0 radical (unpaired) electrons. The van der Waals surface area contributed by atoms with Crippen molar-refractivity contribution in [2.75, 3.05) is 23.7 Å². The molecule has 0 spiro atoms. The number of nitrogen functional groups attached to an aromatic ring is 1. The second kappa shape index (κ2) is 10.5. The monoisotopic (exact) mass is 566 g/mol. The number of aromatic nitrogens is 5. The number of fused-ring (bicyclic) bond motifs is 1. The summed E-state index contributed by atoms with van der Waals surface area (Å²) in [5, 5.41) is 10.1. The number of aliphatic hydroxyl groups excluding tert-OH is 1. The van der Waals surface area contributed by atoms with Gasteiger partial charge in [0.15, 0.2) is 23.1 Å². The lowest BCUT2D eigenvalue weighted by Gasteiger charge is -2.44. The molecule has 5 rings (SSSR count). The third-order valence-corrected chi connectivity index (χ3v) is 7.06. The van der Waals surface area contributed by atoms with Crippen molar-refractivity contribution in [3.8, 4) is 11.3 Å². The average molecular weight is 567 g/mol. The Morgan fingerprint density at radius 1 is 1.02 bits per heavy atom. The highest BCUT2D eigenvalue weighted by Gasteiger charge is 2.43. The topological polar surface area (TPSA) is 132 Å². The fraction of sp³-hybridized carbons (Fsp3) is 0.360. The molecule has 0 aliphatic carbocycles. The number of aliphatic hydroxyl groups is 1. The van der Waals surface area contributed by atoms with Gasteiger partial charge in [0.25, 0.3) is 12.9 Å². The zero-order valence-corrected chi connectivity index (χ0v) is 20.8. The van der Waals surface area contributed by atoms with Crippen LogP contribution in [0, 0.1) is 11.6 Å². The van der Waals surface area contributed by atoms with Gasteiger partial charge in [0.05, 0.1) is 36.0 Å². The predicted octanol–water partition coefficient (Wildman–Crippen LogP) is 3.66. The van der Waals surface area contributed by atoms with E-state index in [-0.39, 0.29) is 36.6 Å². The molecule has 0 amide bonds. The van der Waals surface area contributed by atoms with E-state index >= 15 is 0 Å². The van der Waals surface area contributed by atoms with Gasteiger partial charge in [0.2, 0.25) is 0 Å². The summed E-state index contributed by atoms with van der Waals surface area (Å²) in [6.07, 6.45) is -3.75. The van der Waals surface area contributed by atoms with Crippen molar-refractivity contribution >= 4 is 22.7 Å². The van der Waals surface area contributed by atoms with Gasteiger partial charge in [-0.25, -0.2) is 41.3 Å². The van der Waals surface area contributed by atoms with Crippen molar-refractivity contribution < 1.29 is 31.4 Å². The van der Waals surface area contributed by atoms with Crippen LogP contribution < -0.4 is 16.4 Å². The summed E-state index contributed by atoms with van der Waals surface area (Å²) >= 11 is 0. The van der Waals surface area contributed by atoms with Crippen LogP contribution in [-0.4, -0.2) is 60.8 Å². The van der Waals surface area contributed by atoms with Gasteiger partial charge in [-0.2, -0.15) is 0 Å². The molecule has 3 aromatic heterocycles. The highest BCUT2D eigenvalue weighted by molar-refractivity contribution is 5.81. The molecule has 9 nitrogen and oxygen atoms in total. The van der Waals surface area contributed by atoms with E-state index in [9.17, 15) is 31.4 Å². The maximum Gasteiger partial charge on any atom is 0.265 e. The largest absolute Gasteiger partial charge is 0.385 e. The minimum atomic E-state index is -3.12. The lowest BCUT2D eigenvalue weighted by molar-refractivity contribution is -0.0529. The first kappa shape index (κ1) is 27.6. The molecule has 5 N–H and O–H groups in total. The summed E-state index contributed by atoms with van der Waals surface area (Å²) in [7, 11) is 0. The molecule has 4 aromatic rings. The fourth-order valence-electron chi connectivity index (χ4n) is 5.02. The Labute approximate surface area is 223 Å². The Kier molecular flexibility index (Phi) is 7.27. The normalized spacial score (nSPS) is 18.7. The van der Waals surface area contributed by atoms with E-state index in [0.717, 1.165) is 0 Å². The Morgan fingerprint density at radius 3 is 2.50 bits per heavy atom. The van der Waals surface area contributed by atoms with Gasteiger partial charge >= 0.3 is 0 Å². The molecule has 40 heavy (non-hydrogen) atoms. The van der Waals surface area contributed by atoms with E-state index in [4.69, 9.17) is 11.5 Å². The number of hydrogen-bond acceptors (Lipinski definition) is 8. The molecule has 212 valence electrons. The van der Waals surface area contributed by atoms with Crippen LogP contribution in [0.1, 0.15) is 30.4 Å².